The first-order chi connectivity index (χ1) is 16.8. The number of hydrogen-bond acceptors (Lipinski definition) is 5. The van der Waals surface area contributed by atoms with Gasteiger partial charge in [0.1, 0.15) is 17.6 Å². The molecule has 2 aliphatic rings. The van der Waals surface area contributed by atoms with Crippen LogP contribution >= 0.6 is 0 Å². The van der Waals surface area contributed by atoms with Crippen LogP contribution in [0.3, 0.4) is 0 Å². The molecule has 0 bridgehead atoms. The molecule has 1 amide bonds. The van der Waals surface area contributed by atoms with Crippen molar-refractivity contribution in [3.63, 3.8) is 0 Å². The minimum atomic E-state index is -0.699. The maximum Gasteiger partial charge on any atom is 0.295 e. The van der Waals surface area contributed by atoms with Crippen LogP contribution in [0.1, 0.15) is 35.2 Å². The number of fused-ring (bicyclic) bond motifs is 1. The van der Waals surface area contributed by atoms with Gasteiger partial charge in [0.25, 0.3) is 11.7 Å². The number of hydrogen-bond donors (Lipinski definition) is 1. The van der Waals surface area contributed by atoms with Crippen LogP contribution in [0.4, 0.5) is 5.69 Å². The molecule has 2 aliphatic heterocycles. The first-order valence-electron chi connectivity index (χ1n) is 11.7. The van der Waals surface area contributed by atoms with Gasteiger partial charge < -0.3 is 19.6 Å². The van der Waals surface area contributed by atoms with Crippen LogP contribution in [0.5, 0.6) is 5.75 Å². The fraction of sp³-hybridized carbons (Fsp3) is 0.241. The molecule has 6 nitrogen and oxygen atoms in total. The zero-order chi connectivity index (χ0) is 24.7. The van der Waals surface area contributed by atoms with E-state index in [1.54, 1.807) is 11.0 Å². The standard InChI is InChI=1S/C29H28N2O4/c1-18-15-22-16-21(11-14-24(22)35-18)27(32)25-26(20-9-12-23(13-10-20)30(2)3)31(29(34)28(25)33)17-19-7-5-4-6-8-19/h4-14,16,18,26,32H,15,17H2,1-3H3/b27-25+/t18-,26+/m1/s1. The van der Waals surface area contributed by atoms with Crippen LogP contribution in [0.15, 0.2) is 78.4 Å². The van der Waals surface area contributed by atoms with Crippen LogP contribution in [0.2, 0.25) is 0 Å². The SMILES string of the molecule is C[C@@H]1Cc2cc(/C(O)=C3\C(=O)C(=O)N(Cc4ccccc4)[C@H]3c3ccc(N(C)C)cc3)ccc2O1. The monoisotopic (exact) mass is 468 g/mol. The van der Waals surface area contributed by atoms with E-state index in [4.69, 9.17) is 4.74 Å². The highest BCUT2D eigenvalue weighted by Gasteiger charge is 2.46. The van der Waals surface area contributed by atoms with E-state index in [1.807, 2.05) is 92.6 Å². The molecule has 178 valence electrons. The van der Waals surface area contributed by atoms with E-state index in [0.717, 1.165) is 34.5 Å². The summed E-state index contributed by atoms with van der Waals surface area (Å²) in [4.78, 5) is 30.1. The van der Waals surface area contributed by atoms with Gasteiger partial charge in [0.2, 0.25) is 0 Å². The van der Waals surface area contributed by atoms with Gasteiger partial charge in [-0.2, -0.15) is 0 Å². The molecule has 35 heavy (non-hydrogen) atoms. The number of aliphatic hydroxyl groups excluding tert-OH is 1. The lowest BCUT2D eigenvalue weighted by atomic mass is 9.94. The second-order valence-electron chi connectivity index (χ2n) is 9.35. The molecule has 1 fully saturated rings. The third-order valence-corrected chi connectivity index (χ3v) is 6.63. The smallest absolute Gasteiger partial charge is 0.295 e. The van der Waals surface area contributed by atoms with E-state index in [2.05, 4.69) is 0 Å². The average Bonchev–Trinajstić information content (AvgIpc) is 3.35. The summed E-state index contributed by atoms with van der Waals surface area (Å²) in [5.74, 6) is -0.669. The lowest BCUT2D eigenvalue weighted by Gasteiger charge is -2.26. The summed E-state index contributed by atoms with van der Waals surface area (Å²) >= 11 is 0. The Morgan fingerprint density at radius 3 is 2.43 bits per heavy atom. The summed E-state index contributed by atoms with van der Waals surface area (Å²) in [5, 5.41) is 11.4. The van der Waals surface area contributed by atoms with Crippen molar-refractivity contribution in [2.75, 3.05) is 19.0 Å². The second-order valence-corrected chi connectivity index (χ2v) is 9.35. The van der Waals surface area contributed by atoms with Crippen molar-refractivity contribution >= 4 is 23.1 Å². The summed E-state index contributed by atoms with van der Waals surface area (Å²) in [6.45, 7) is 2.25. The molecule has 0 radical (unpaired) electrons. The van der Waals surface area contributed by atoms with Crippen molar-refractivity contribution in [2.24, 2.45) is 0 Å². The highest BCUT2D eigenvalue weighted by atomic mass is 16.5. The summed E-state index contributed by atoms with van der Waals surface area (Å²) < 4.78 is 5.78. The molecule has 3 aromatic carbocycles. The summed E-state index contributed by atoms with van der Waals surface area (Å²) in [6.07, 6.45) is 0.794. The maximum atomic E-state index is 13.3. The van der Waals surface area contributed by atoms with Crippen LogP contribution in [-0.2, 0) is 22.6 Å². The van der Waals surface area contributed by atoms with Crippen LogP contribution in [0.25, 0.3) is 5.76 Å². The molecular formula is C29H28N2O4. The van der Waals surface area contributed by atoms with E-state index in [-0.39, 0.29) is 24.0 Å². The molecular weight excluding hydrogens is 440 g/mol. The fourth-order valence-corrected chi connectivity index (χ4v) is 4.85. The van der Waals surface area contributed by atoms with Gasteiger partial charge >= 0.3 is 0 Å². The largest absolute Gasteiger partial charge is 0.507 e. The number of rotatable bonds is 5. The van der Waals surface area contributed by atoms with Gasteiger partial charge in [-0.3, -0.25) is 9.59 Å². The van der Waals surface area contributed by atoms with Gasteiger partial charge in [-0.15, -0.1) is 0 Å². The minimum Gasteiger partial charge on any atom is -0.507 e. The van der Waals surface area contributed by atoms with E-state index in [0.29, 0.717) is 5.56 Å². The van der Waals surface area contributed by atoms with Gasteiger partial charge in [-0.05, 0) is 53.9 Å². The molecule has 6 heteroatoms. The average molecular weight is 469 g/mol. The number of carbonyl (C=O) groups is 2. The number of Topliss-reactive ketones (excluding diaryl/α,β-unsaturated/α-hetero) is 1. The molecule has 5 rings (SSSR count). The van der Waals surface area contributed by atoms with Gasteiger partial charge in [-0.25, -0.2) is 0 Å². The van der Waals surface area contributed by atoms with Crippen LogP contribution < -0.4 is 9.64 Å². The fourth-order valence-electron chi connectivity index (χ4n) is 4.85. The highest BCUT2D eigenvalue weighted by molar-refractivity contribution is 6.46. The second kappa shape index (κ2) is 8.95. The first kappa shape index (κ1) is 22.7. The first-order valence-corrected chi connectivity index (χ1v) is 11.7. The Bertz CT molecular complexity index is 1310. The topological polar surface area (TPSA) is 70.1 Å². The molecule has 3 aromatic rings. The number of carbonyl (C=O) groups excluding carboxylic acids is 2. The Labute approximate surface area is 205 Å². The van der Waals surface area contributed by atoms with Crippen LogP contribution in [0, 0.1) is 0 Å². The third kappa shape index (κ3) is 4.16. The molecule has 0 unspecified atom stereocenters. The summed E-state index contributed by atoms with van der Waals surface area (Å²) in [6, 6.07) is 22.0. The van der Waals surface area contributed by atoms with Gasteiger partial charge in [0.05, 0.1) is 11.6 Å². The van der Waals surface area contributed by atoms with E-state index in [9.17, 15) is 14.7 Å². The number of nitrogens with zero attached hydrogens (tertiary/aromatic N) is 2. The third-order valence-electron chi connectivity index (χ3n) is 6.63. The molecule has 1 N–H and O–H groups in total. The summed E-state index contributed by atoms with van der Waals surface area (Å²) in [7, 11) is 3.91. The zero-order valence-corrected chi connectivity index (χ0v) is 20.1. The predicted octanol–water partition coefficient (Wildman–Crippen LogP) is 4.70. The van der Waals surface area contributed by atoms with Crippen molar-refractivity contribution < 1.29 is 19.4 Å². The van der Waals surface area contributed by atoms with Gasteiger partial charge in [0, 0.05) is 38.3 Å². The van der Waals surface area contributed by atoms with Crippen LogP contribution in [-0.4, -0.2) is 41.9 Å². The number of anilines is 1. The number of aliphatic hydroxyl groups is 1. The molecule has 2 atom stereocenters. The Morgan fingerprint density at radius 2 is 1.74 bits per heavy atom. The lowest BCUT2D eigenvalue weighted by Crippen LogP contribution is -2.29. The Hall–Kier alpha value is -4.06. The number of amides is 1. The molecule has 0 aliphatic carbocycles. The van der Waals surface area contributed by atoms with E-state index >= 15 is 0 Å². The molecule has 1 saturated heterocycles. The summed E-state index contributed by atoms with van der Waals surface area (Å²) in [5.41, 5.74) is 4.27. The maximum absolute atomic E-state index is 13.3. The Morgan fingerprint density at radius 1 is 1.03 bits per heavy atom. The van der Waals surface area contributed by atoms with E-state index < -0.39 is 17.7 Å². The minimum absolute atomic E-state index is 0.0639. The Kier molecular flexibility index (Phi) is 5.81. The number of ether oxygens (including phenoxy) is 1. The van der Waals surface area contributed by atoms with Gasteiger partial charge in [0.15, 0.2) is 0 Å². The number of likely N-dealkylation sites (tertiary alicyclic amines) is 1. The van der Waals surface area contributed by atoms with Crippen molar-refractivity contribution in [2.45, 2.75) is 32.0 Å². The predicted molar refractivity (Wildman–Crippen MR) is 135 cm³/mol. The van der Waals surface area contributed by atoms with Gasteiger partial charge in [-0.1, -0.05) is 42.5 Å². The highest BCUT2D eigenvalue weighted by Crippen LogP contribution is 2.41. The quantitative estimate of drug-likeness (QED) is 0.334. The van der Waals surface area contributed by atoms with Crippen molar-refractivity contribution in [3.8, 4) is 5.75 Å². The van der Waals surface area contributed by atoms with Crippen molar-refractivity contribution in [3.05, 3.63) is 101 Å². The van der Waals surface area contributed by atoms with Crippen molar-refractivity contribution in [1.82, 2.24) is 4.90 Å². The molecule has 0 saturated carbocycles. The number of benzene rings is 3. The lowest BCUT2D eigenvalue weighted by molar-refractivity contribution is -0.140. The molecule has 0 aromatic heterocycles. The Balaban J connectivity index is 1.62. The number of ketones is 1. The van der Waals surface area contributed by atoms with E-state index in [1.165, 1.54) is 0 Å². The molecule has 0 spiro atoms. The zero-order valence-electron chi connectivity index (χ0n) is 20.1. The van der Waals surface area contributed by atoms with Crippen molar-refractivity contribution in [1.29, 1.82) is 0 Å². The normalized spacial score (nSPS) is 20.6. The molecule has 2 heterocycles.